The van der Waals surface area contributed by atoms with Crippen LogP contribution in [0.1, 0.15) is 48.9 Å². The SMILES string of the molecule is Cc1c(OCCN(Cc2ccc(Cl)cc2)C2CCCCC2)ccnc1CSc1nc2ccccc2[nH]1. The third kappa shape index (κ3) is 6.41. The number of pyridine rings is 1. The van der Waals surface area contributed by atoms with E-state index in [-0.39, 0.29) is 0 Å². The van der Waals surface area contributed by atoms with Crippen molar-refractivity contribution in [1.82, 2.24) is 19.9 Å². The second-order valence-electron chi connectivity index (χ2n) is 9.47. The molecule has 1 fully saturated rings. The van der Waals surface area contributed by atoms with Crippen molar-refractivity contribution in [3.05, 3.63) is 82.6 Å². The molecule has 0 amide bonds. The van der Waals surface area contributed by atoms with Crippen LogP contribution in [0.5, 0.6) is 5.75 Å². The molecule has 0 bridgehead atoms. The average Bonchev–Trinajstić information content (AvgIpc) is 3.33. The topological polar surface area (TPSA) is 54.0 Å². The van der Waals surface area contributed by atoms with Crippen LogP contribution < -0.4 is 4.74 Å². The predicted molar refractivity (Wildman–Crippen MR) is 149 cm³/mol. The summed E-state index contributed by atoms with van der Waals surface area (Å²) in [5, 5.41) is 1.70. The largest absolute Gasteiger partial charge is 0.492 e. The lowest BCUT2D eigenvalue weighted by atomic mass is 9.94. The number of nitrogens with zero attached hydrogens (tertiary/aromatic N) is 3. The number of ether oxygens (including phenoxy) is 1. The molecule has 36 heavy (non-hydrogen) atoms. The fourth-order valence-corrected chi connectivity index (χ4v) is 5.96. The third-order valence-corrected chi connectivity index (χ3v) is 8.13. The monoisotopic (exact) mass is 520 g/mol. The number of fused-ring (bicyclic) bond motifs is 1. The standard InChI is InChI=1S/C29H33ClN4OS/c1-21-27(20-36-29-32-25-9-5-6-10-26(25)33-29)31-16-15-28(21)35-18-17-34(24-7-3-2-4-8-24)19-22-11-13-23(30)14-12-22/h5-6,9-16,24H,2-4,7-8,17-20H2,1H3,(H,32,33). The van der Waals surface area contributed by atoms with E-state index in [1.807, 2.05) is 48.7 Å². The Balaban J connectivity index is 1.20. The molecule has 1 saturated carbocycles. The first-order chi connectivity index (χ1) is 17.7. The van der Waals surface area contributed by atoms with Crippen LogP contribution in [-0.2, 0) is 12.3 Å². The number of H-pyrrole nitrogens is 1. The molecule has 1 aliphatic rings. The molecule has 1 N–H and O–H groups in total. The van der Waals surface area contributed by atoms with Crippen molar-refractivity contribution in [2.45, 2.75) is 62.5 Å². The number of aromatic nitrogens is 3. The van der Waals surface area contributed by atoms with Crippen LogP contribution in [0.3, 0.4) is 0 Å². The first-order valence-corrected chi connectivity index (χ1v) is 14.2. The van der Waals surface area contributed by atoms with E-state index in [1.165, 1.54) is 37.7 Å². The number of hydrogen-bond acceptors (Lipinski definition) is 5. The summed E-state index contributed by atoms with van der Waals surface area (Å²) >= 11 is 7.78. The lowest BCUT2D eigenvalue weighted by molar-refractivity contribution is 0.123. The maximum atomic E-state index is 6.32. The van der Waals surface area contributed by atoms with Gasteiger partial charge in [-0.2, -0.15) is 0 Å². The Kier molecular flexibility index (Phi) is 8.47. The van der Waals surface area contributed by atoms with Gasteiger partial charge in [0.15, 0.2) is 5.16 Å². The number of nitrogens with one attached hydrogen (secondary N) is 1. The number of hydrogen-bond donors (Lipinski definition) is 1. The molecule has 188 valence electrons. The number of thioether (sulfide) groups is 1. The minimum absolute atomic E-state index is 0.618. The van der Waals surface area contributed by atoms with Crippen LogP contribution in [0.15, 0.2) is 66.0 Å². The molecular formula is C29H33ClN4OS. The first kappa shape index (κ1) is 25.1. The molecule has 0 aliphatic heterocycles. The quantitative estimate of drug-likeness (QED) is 0.220. The highest BCUT2D eigenvalue weighted by Gasteiger charge is 2.21. The van der Waals surface area contributed by atoms with Crippen molar-refractivity contribution >= 4 is 34.4 Å². The summed E-state index contributed by atoms with van der Waals surface area (Å²) in [6.45, 7) is 4.59. The molecule has 1 aliphatic carbocycles. The van der Waals surface area contributed by atoms with E-state index in [0.29, 0.717) is 12.6 Å². The van der Waals surface area contributed by atoms with Crippen molar-refractivity contribution in [3.8, 4) is 5.75 Å². The van der Waals surface area contributed by atoms with Crippen LogP contribution >= 0.6 is 23.4 Å². The van der Waals surface area contributed by atoms with Gasteiger partial charge in [-0.15, -0.1) is 0 Å². The highest BCUT2D eigenvalue weighted by molar-refractivity contribution is 7.98. The molecule has 0 unspecified atom stereocenters. The summed E-state index contributed by atoms with van der Waals surface area (Å²) in [6, 6.07) is 18.9. The third-order valence-electron chi connectivity index (χ3n) is 7.00. The van der Waals surface area contributed by atoms with Crippen LogP contribution in [0.2, 0.25) is 5.02 Å². The molecule has 2 aromatic heterocycles. The zero-order valence-corrected chi connectivity index (χ0v) is 22.3. The maximum Gasteiger partial charge on any atom is 0.166 e. The van der Waals surface area contributed by atoms with E-state index in [9.17, 15) is 0 Å². The number of benzene rings is 2. The second-order valence-corrected chi connectivity index (χ2v) is 10.9. The van der Waals surface area contributed by atoms with E-state index >= 15 is 0 Å². The molecule has 0 atom stereocenters. The Morgan fingerprint density at radius 2 is 1.86 bits per heavy atom. The van der Waals surface area contributed by atoms with Gasteiger partial charge in [-0.25, -0.2) is 4.98 Å². The van der Waals surface area contributed by atoms with Gasteiger partial charge < -0.3 is 9.72 Å². The Morgan fingerprint density at radius 3 is 2.67 bits per heavy atom. The van der Waals surface area contributed by atoms with Crippen molar-refractivity contribution in [1.29, 1.82) is 0 Å². The Hall–Kier alpha value is -2.54. The van der Waals surface area contributed by atoms with Gasteiger partial charge in [0.1, 0.15) is 12.4 Å². The average molecular weight is 521 g/mol. The van der Waals surface area contributed by atoms with Crippen LogP contribution in [-0.4, -0.2) is 39.0 Å². The van der Waals surface area contributed by atoms with Crippen molar-refractivity contribution in [3.63, 3.8) is 0 Å². The van der Waals surface area contributed by atoms with Crippen molar-refractivity contribution in [2.24, 2.45) is 0 Å². The number of aromatic amines is 1. The molecule has 0 saturated heterocycles. The summed E-state index contributed by atoms with van der Waals surface area (Å²) in [5.41, 5.74) is 5.48. The van der Waals surface area contributed by atoms with E-state index < -0.39 is 0 Å². The van der Waals surface area contributed by atoms with Crippen molar-refractivity contribution < 1.29 is 4.74 Å². The fraction of sp³-hybridized carbons (Fsp3) is 0.379. The molecule has 7 heteroatoms. The van der Waals surface area contributed by atoms with Crippen LogP contribution in [0.4, 0.5) is 0 Å². The molecular weight excluding hydrogens is 488 g/mol. The molecule has 5 rings (SSSR count). The number of imidazole rings is 1. The number of halogens is 1. The maximum absolute atomic E-state index is 6.32. The summed E-state index contributed by atoms with van der Waals surface area (Å²) in [5.74, 6) is 1.66. The molecule has 4 aromatic rings. The smallest absolute Gasteiger partial charge is 0.166 e. The second kappa shape index (κ2) is 12.1. The van der Waals surface area contributed by atoms with Gasteiger partial charge in [-0.3, -0.25) is 9.88 Å². The molecule has 2 heterocycles. The summed E-state index contributed by atoms with van der Waals surface area (Å²) in [4.78, 5) is 15.3. The number of para-hydroxylation sites is 2. The number of rotatable bonds is 10. The van der Waals surface area contributed by atoms with Gasteiger partial charge in [-0.1, -0.05) is 66.9 Å². The van der Waals surface area contributed by atoms with E-state index in [4.69, 9.17) is 16.3 Å². The highest BCUT2D eigenvalue weighted by atomic mass is 35.5. The zero-order valence-electron chi connectivity index (χ0n) is 20.8. The molecule has 5 nitrogen and oxygen atoms in total. The lowest BCUT2D eigenvalue weighted by Crippen LogP contribution is -2.39. The highest BCUT2D eigenvalue weighted by Crippen LogP contribution is 2.28. The van der Waals surface area contributed by atoms with Gasteiger partial charge >= 0.3 is 0 Å². The van der Waals surface area contributed by atoms with Gasteiger partial charge in [-0.05, 0) is 55.7 Å². The lowest BCUT2D eigenvalue weighted by Gasteiger charge is -2.34. The van der Waals surface area contributed by atoms with E-state index in [2.05, 4.69) is 38.9 Å². The van der Waals surface area contributed by atoms with E-state index in [1.54, 1.807) is 11.8 Å². The van der Waals surface area contributed by atoms with Crippen molar-refractivity contribution in [2.75, 3.05) is 13.2 Å². The minimum atomic E-state index is 0.618. The predicted octanol–water partition coefficient (Wildman–Crippen LogP) is 7.43. The van der Waals surface area contributed by atoms with Gasteiger partial charge in [0.25, 0.3) is 0 Å². The zero-order chi connectivity index (χ0) is 24.7. The molecule has 0 radical (unpaired) electrons. The molecule has 0 spiro atoms. The Labute approximate surface area is 222 Å². The molecule has 2 aromatic carbocycles. The summed E-state index contributed by atoms with van der Waals surface area (Å²) < 4.78 is 6.32. The van der Waals surface area contributed by atoms with Gasteiger partial charge in [0.05, 0.1) is 16.7 Å². The first-order valence-electron chi connectivity index (χ1n) is 12.8. The fourth-order valence-electron chi connectivity index (χ4n) is 4.93. The minimum Gasteiger partial charge on any atom is -0.492 e. The van der Waals surface area contributed by atoms with Gasteiger partial charge in [0, 0.05) is 41.7 Å². The summed E-state index contributed by atoms with van der Waals surface area (Å²) in [7, 11) is 0. The normalized spacial score (nSPS) is 14.5. The van der Waals surface area contributed by atoms with Gasteiger partial charge in [0.2, 0.25) is 0 Å². The van der Waals surface area contributed by atoms with E-state index in [0.717, 1.165) is 57.1 Å². The van der Waals surface area contributed by atoms with Crippen LogP contribution in [0.25, 0.3) is 11.0 Å². The Morgan fingerprint density at radius 1 is 1.06 bits per heavy atom. The summed E-state index contributed by atoms with van der Waals surface area (Å²) in [6.07, 6.45) is 8.38. The van der Waals surface area contributed by atoms with Crippen LogP contribution in [0, 0.1) is 6.92 Å². The Bertz CT molecular complexity index is 1240.